The average molecular weight is 337 g/mol. The van der Waals surface area contributed by atoms with Crippen LogP contribution in [0.2, 0.25) is 0 Å². The van der Waals surface area contributed by atoms with Crippen LogP contribution in [0.15, 0.2) is 0 Å². The van der Waals surface area contributed by atoms with Gasteiger partial charge in [-0.2, -0.15) is 0 Å². The number of nitrogens with zero attached hydrogens (tertiary/aromatic N) is 1. The fourth-order valence-corrected chi connectivity index (χ4v) is 6.20. The highest BCUT2D eigenvalue weighted by molar-refractivity contribution is 5.73. The number of carbonyl (C=O) groups is 1. The molecule has 4 aliphatic carbocycles. The maximum absolute atomic E-state index is 12.2. The summed E-state index contributed by atoms with van der Waals surface area (Å²) in [6.07, 6.45) is 15.2. The van der Waals surface area contributed by atoms with Gasteiger partial charge in [-0.25, -0.2) is 4.79 Å². The monoisotopic (exact) mass is 336 g/mol. The molecule has 0 unspecified atom stereocenters. The lowest BCUT2D eigenvalue weighted by molar-refractivity contribution is -0.0694. The second-order valence-corrected chi connectivity index (χ2v) is 8.75. The van der Waals surface area contributed by atoms with Crippen molar-refractivity contribution in [1.82, 2.24) is 4.90 Å². The summed E-state index contributed by atoms with van der Waals surface area (Å²) in [5.74, 6) is 2.58. The minimum atomic E-state index is -0.169. The molecule has 0 heterocycles. The third-order valence-corrected chi connectivity index (χ3v) is 6.82. The van der Waals surface area contributed by atoms with Crippen LogP contribution in [0, 0.1) is 17.8 Å². The summed E-state index contributed by atoms with van der Waals surface area (Å²) in [4.78, 5) is 14.3. The van der Waals surface area contributed by atoms with Crippen molar-refractivity contribution in [3.05, 3.63) is 0 Å². The molecule has 0 atom stereocenters. The van der Waals surface area contributed by atoms with Gasteiger partial charge < -0.3 is 15.4 Å². The second kappa shape index (κ2) is 8.07. The standard InChI is InChI=1S/C20H36N2O2/c1-24-9-7-5-3-2-4-6-8-22(19(21)23)20-13-16-10-17(14-20)12-18(11-16)15-20/h16-18H,2-15H2,1H3,(H2,21,23). The number of rotatable bonds is 10. The molecule has 0 aromatic carbocycles. The van der Waals surface area contributed by atoms with E-state index in [-0.39, 0.29) is 11.6 Å². The number of ether oxygens (including phenoxy) is 1. The molecule has 0 spiro atoms. The fraction of sp³-hybridized carbons (Fsp3) is 0.950. The van der Waals surface area contributed by atoms with E-state index in [1.807, 2.05) is 0 Å². The van der Waals surface area contributed by atoms with Gasteiger partial charge in [0.1, 0.15) is 0 Å². The summed E-state index contributed by atoms with van der Waals surface area (Å²) in [5, 5.41) is 0. The smallest absolute Gasteiger partial charge is 0.315 e. The first-order valence-corrected chi connectivity index (χ1v) is 10.2. The number of hydrogen-bond donors (Lipinski definition) is 1. The molecule has 4 heteroatoms. The summed E-state index contributed by atoms with van der Waals surface area (Å²) in [6.45, 7) is 1.75. The fourth-order valence-electron chi connectivity index (χ4n) is 6.20. The molecule has 4 saturated carbocycles. The van der Waals surface area contributed by atoms with Gasteiger partial charge in [0.25, 0.3) is 0 Å². The van der Waals surface area contributed by atoms with Gasteiger partial charge >= 0.3 is 6.03 Å². The van der Waals surface area contributed by atoms with E-state index in [4.69, 9.17) is 10.5 Å². The van der Waals surface area contributed by atoms with Crippen LogP contribution >= 0.6 is 0 Å². The van der Waals surface area contributed by atoms with E-state index in [1.54, 1.807) is 7.11 Å². The quantitative estimate of drug-likeness (QED) is 0.604. The predicted octanol–water partition coefficient (Wildman–Crippen LogP) is 4.32. The van der Waals surface area contributed by atoms with Crippen LogP contribution < -0.4 is 5.73 Å². The van der Waals surface area contributed by atoms with Gasteiger partial charge in [0.05, 0.1) is 0 Å². The van der Waals surface area contributed by atoms with Crippen molar-refractivity contribution < 1.29 is 9.53 Å². The molecule has 2 amide bonds. The Morgan fingerprint density at radius 2 is 1.46 bits per heavy atom. The Morgan fingerprint density at radius 1 is 0.958 bits per heavy atom. The molecular weight excluding hydrogens is 300 g/mol. The Labute approximate surface area is 147 Å². The van der Waals surface area contributed by atoms with Crippen molar-refractivity contribution >= 4 is 6.03 Å². The average Bonchev–Trinajstić information content (AvgIpc) is 2.51. The molecule has 24 heavy (non-hydrogen) atoms. The minimum absolute atomic E-state index is 0.124. The second-order valence-electron chi connectivity index (χ2n) is 8.75. The van der Waals surface area contributed by atoms with Crippen molar-refractivity contribution in [2.45, 2.75) is 82.6 Å². The van der Waals surface area contributed by atoms with Crippen molar-refractivity contribution in [1.29, 1.82) is 0 Å². The first-order valence-electron chi connectivity index (χ1n) is 10.2. The van der Waals surface area contributed by atoms with Crippen LogP contribution in [0.1, 0.15) is 77.0 Å². The molecule has 4 bridgehead atoms. The van der Waals surface area contributed by atoms with E-state index in [0.29, 0.717) is 0 Å². The number of amides is 2. The highest BCUT2D eigenvalue weighted by Crippen LogP contribution is 2.57. The van der Waals surface area contributed by atoms with Crippen molar-refractivity contribution in [2.24, 2.45) is 23.5 Å². The number of methoxy groups -OCH3 is 1. The van der Waals surface area contributed by atoms with E-state index in [9.17, 15) is 4.79 Å². The molecule has 0 saturated heterocycles. The molecule has 0 radical (unpaired) electrons. The lowest BCUT2D eigenvalue weighted by atomic mass is 9.52. The topological polar surface area (TPSA) is 55.6 Å². The van der Waals surface area contributed by atoms with Gasteiger partial charge in [-0.3, -0.25) is 0 Å². The lowest BCUT2D eigenvalue weighted by Gasteiger charge is -2.60. The zero-order valence-corrected chi connectivity index (χ0v) is 15.5. The Hall–Kier alpha value is -0.770. The maximum atomic E-state index is 12.2. The largest absolute Gasteiger partial charge is 0.385 e. The number of hydrogen-bond acceptors (Lipinski definition) is 2. The minimum Gasteiger partial charge on any atom is -0.385 e. The molecule has 4 nitrogen and oxygen atoms in total. The summed E-state index contributed by atoms with van der Waals surface area (Å²) in [7, 11) is 1.77. The Balaban J connectivity index is 1.45. The molecule has 138 valence electrons. The summed E-state index contributed by atoms with van der Waals surface area (Å²) in [6, 6.07) is -0.169. The number of unbranched alkanes of at least 4 members (excludes halogenated alkanes) is 5. The molecule has 0 aromatic heterocycles. The van der Waals surface area contributed by atoms with E-state index >= 15 is 0 Å². The zero-order chi connectivity index (χ0) is 17.0. The van der Waals surface area contributed by atoms with Crippen LogP contribution in [0.25, 0.3) is 0 Å². The molecule has 4 rings (SSSR count). The van der Waals surface area contributed by atoms with Crippen LogP contribution in [-0.4, -0.2) is 36.7 Å². The van der Waals surface area contributed by atoms with E-state index < -0.39 is 0 Å². The predicted molar refractivity (Wildman–Crippen MR) is 96.8 cm³/mol. The molecule has 0 aromatic rings. The highest BCUT2D eigenvalue weighted by atomic mass is 16.5. The summed E-state index contributed by atoms with van der Waals surface area (Å²) < 4.78 is 5.09. The third-order valence-electron chi connectivity index (χ3n) is 6.82. The van der Waals surface area contributed by atoms with E-state index in [2.05, 4.69) is 4.90 Å². The maximum Gasteiger partial charge on any atom is 0.315 e. The number of primary amides is 1. The normalized spacial score (nSPS) is 33.8. The highest BCUT2D eigenvalue weighted by Gasteiger charge is 2.54. The Kier molecular flexibility index (Phi) is 6.07. The molecule has 4 aliphatic rings. The molecular formula is C20H36N2O2. The lowest BCUT2D eigenvalue weighted by Crippen LogP contribution is -2.62. The number of nitrogens with two attached hydrogens (primary N) is 1. The van der Waals surface area contributed by atoms with Crippen LogP contribution in [0.4, 0.5) is 4.79 Å². The van der Waals surface area contributed by atoms with Gasteiger partial charge in [0.2, 0.25) is 0 Å². The van der Waals surface area contributed by atoms with Crippen LogP contribution in [0.3, 0.4) is 0 Å². The van der Waals surface area contributed by atoms with Crippen LogP contribution in [-0.2, 0) is 4.74 Å². The SMILES string of the molecule is COCCCCCCCCN(C(N)=O)C12CC3CC(CC(C3)C1)C2. The van der Waals surface area contributed by atoms with Crippen molar-refractivity contribution in [3.63, 3.8) is 0 Å². The van der Waals surface area contributed by atoms with Gasteiger partial charge in [-0.1, -0.05) is 25.7 Å². The first kappa shape index (κ1) is 18.0. The number of urea groups is 1. The van der Waals surface area contributed by atoms with E-state index in [1.165, 1.54) is 64.2 Å². The third kappa shape index (κ3) is 4.07. The Bertz CT molecular complexity index is 389. The molecule has 4 fully saturated rings. The van der Waals surface area contributed by atoms with Gasteiger partial charge in [-0.15, -0.1) is 0 Å². The van der Waals surface area contributed by atoms with Gasteiger partial charge in [-0.05, 0) is 69.1 Å². The first-order chi connectivity index (χ1) is 11.6. The molecule has 2 N–H and O–H groups in total. The zero-order valence-electron chi connectivity index (χ0n) is 15.5. The van der Waals surface area contributed by atoms with Crippen LogP contribution in [0.5, 0.6) is 0 Å². The van der Waals surface area contributed by atoms with Gasteiger partial charge in [0, 0.05) is 25.8 Å². The van der Waals surface area contributed by atoms with Gasteiger partial charge in [0.15, 0.2) is 0 Å². The summed E-state index contributed by atoms with van der Waals surface area (Å²) in [5.41, 5.74) is 5.95. The number of carbonyl (C=O) groups excluding carboxylic acids is 1. The van der Waals surface area contributed by atoms with Crippen molar-refractivity contribution in [3.8, 4) is 0 Å². The molecule has 0 aliphatic heterocycles. The Morgan fingerprint density at radius 3 is 1.96 bits per heavy atom. The summed E-state index contributed by atoms with van der Waals surface area (Å²) >= 11 is 0. The van der Waals surface area contributed by atoms with E-state index in [0.717, 1.165) is 43.7 Å². The van der Waals surface area contributed by atoms with Crippen molar-refractivity contribution in [2.75, 3.05) is 20.3 Å².